The zero-order chi connectivity index (χ0) is 5.58. The normalized spacial score (nSPS) is 4.83. The van der Waals surface area contributed by atoms with Gasteiger partial charge in [0.2, 0.25) is 0 Å². The first-order valence-electron chi connectivity index (χ1n) is 1.56. The zero-order valence-electron chi connectivity index (χ0n) is 4.12. The van der Waals surface area contributed by atoms with E-state index in [9.17, 15) is 0 Å². The molecule has 0 aromatic heterocycles. The molecule has 0 heterocycles. The summed E-state index contributed by atoms with van der Waals surface area (Å²) in [5, 5.41) is 0. The van der Waals surface area contributed by atoms with Crippen molar-refractivity contribution in [1.29, 1.82) is 0 Å². The first-order valence-corrected chi connectivity index (χ1v) is 2.56. The van der Waals surface area contributed by atoms with Crippen LogP contribution in [0.3, 0.4) is 0 Å². The summed E-state index contributed by atoms with van der Waals surface area (Å²) in [6.45, 7) is 7.50. The summed E-state index contributed by atoms with van der Waals surface area (Å²) in [4.78, 5) is 0. The van der Waals surface area contributed by atoms with Gasteiger partial charge in [-0.1, -0.05) is 5.57 Å². The fraction of sp³-hybridized carbons (Fsp3) is 0.500. The van der Waals surface area contributed by atoms with Crippen molar-refractivity contribution in [3.8, 4) is 0 Å². The standard InChI is InChI=1S/C4H8.O.Zr/c1-4(2)3;;/h1H2,2-3H3;;. The van der Waals surface area contributed by atoms with Gasteiger partial charge in [-0.25, -0.2) is 0 Å². The van der Waals surface area contributed by atoms with Crippen molar-refractivity contribution in [1.82, 2.24) is 0 Å². The van der Waals surface area contributed by atoms with Gasteiger partial charge in [0.05, 0.1) is 0 Å². The van der Waals surface area contributed by atoms with Crippen molar-refractivity contribution in [3.63, 3.8) is 0 Å². The molecule has 0 atom stereocenters. The van der Waals surface area contributed by atoms with Crippen molar-refractivity contribution in [2.24, 2.45) is 0 Å². The first kappa shape index (κ1) is 9.66. The van der Waals surface area contributed by atoms with E-state index in [4.69, 9.17) is 2.81 Å². The van der Waals surface area contributed by atoms with Crippen LogP contribution in [0.5, 0.6) is 0 Å². The SMILES string of the molecule is C=C(C)C.[O]=[Zr]. The Balaban J connectivity index is 0. The quantitative estimate of drug-likeness (QED) is 0.494. The minimum atomic E-state index is 0.300. The van der Waals surface area contributed by atoms with E-state index >= 15 is 0 Å². The molecule has 0 radical (unpaired) electrons. The fourth-order valence-corrected chi connectivity index (χ4v) is 0. The van der Waals surface area contributed by atoms with Crippen LogP contribution in [-0.4, -0.2) is 0 Å². The predicted molar refractivity (Wildman–Crippen MR) is 21.2 cm³/mol. The molecule has 34 valence electrons. The predicted octanol–water partition coefficient (Wildman–Crippen LogP) is 1.46. The van der Waals surface area contributed by atoms with E-state index in [1.54, 1.807) is 0 Å². The van der Waals surface area contributed by atoms with E-state index in [0.29, 0.717) is 24.7 Å². The van der Waals surface area contributed by atoms with Gasteiger partial charge in [-0.2, -0.15) is 0 Å². The summed E-state index contributed by atoms with van der Waals surface area (Å²) in [7, 11) is 0. The van der Waals surface area contributed by atoms with Gasteiger partial charge in [0.25, 0.3) is 0 Å². The van der Waals surface area contributed by atoms with Gasteiger partial charge in [-0.15, -0.1) is 6.58 Å². The fourth-order valence-electron chi connectivity index (χ4n) is 0. The molecule has 1 nitrogen and oxygen atoms in total. The summed E-state index contributed by atoms with van der Waals surface area (Å²) in [6, 6.07) is 0. The topological polar surface area (TPSA) is 17.1 Å². The summed E-state index contributed by atoms with van der Waals surface area (Å²) in [5.41, 5.74) is 1.17. The second kappa shape index (κ2) is 9.05. The first-order chi connectivity index (χ1) is 2.73. The summed E-state index contributed by atoms with van der Waals surface area (Å²) in [6.07, 6.45) is 0. The molecular formula is C4H8OZr. The van der Waals surface area contributed by atoms with E-state index in [-0.39, 0.29) is 0 Å². The molecule has 0 aromatic carbocycles. The molecule has 0 fully saturated rings. The average molecular weight is 163 g/mol. The van der Waals surface area contributed by atoms with Crippen LogP contribution in [-0.2, 0) is 27.5 Å². The molecule has 0 amide bonds. The molecule has 0 spiro atoms. The van der Waals surface area contributed by atoms with Gasteiger partial charge < -0.3 is 0 Å². The van der Waals surface area contributed by atoms with Gasteiger partial charge in [0.15, 0.2) is 0 Å². The molecule has 0 aromatic rings. The third-order valence-corrected chi connectivity index (χ3v) is 0. The van der Waals surface area contributed by atoms with E-state index in [1.165, 1.54) is 5.57 Å². The molecule has 6 heavy (non-hydrogen) atoms. The van der Waals surface area contributed by atoms with Crippen LogP contribution in [0.2, 0.25) is 0 Å². The van der Waals surface area contributed by atoms with E-state index in [0.717, 1.165) is 0 Å². The van der Waals surface area contributed by atoms with Gasteiger partial charge in [0.1, 0.15) is 0 Å². The van der Waals surface area contributed by atoms with E-state index < -0.39 is 0 Å². The molecule has 0 unspecified atom stereocenters. The van der Waals surface area contributed by atoms with Crippen molar-refractivity contribution in [2.75, 3.05) is 0 Å². The van der Waals surface area contributed by atoms with Crippen LogP contribution in [0.15, 0.2) is 12.2 Å². The Labute approximate surface area is 53.7 Å². The van der Waals surface area contributed by atoms with Crippen molar-refractivity contribution >= 4 is 0 Å². The Bertz CT molecular complexity index is 38.8. The number of allylic oxidation sites excluding steroid dienone is 1. The molecule has 0 aliphatic carbocycles. The monoisotopic (exact) mass is 162 g/mol. The van der Waals surface area contributed by atoms with Crippen molar-refractivity contribution in [3.05, 3.63) is 12.2 Å². The van der Waals surface area contributed by atoms with Crippen molar-refractivity contribution in [2.45, 2.75) is 13.8 Å². The molecule has 0 rings (SSSR count). The van der Waals surface area contributed by atoms with Gasteiger partial charge >= 0.3 is 27.5 Å². The number of hydrogen-bond donors (Lipinski definition) is 0. The van der Waals surface area contributed by atoms with Crippen LogP contribution in [0.4, 0.5) is 0 Å². The summed E-state index contributed by atoms with van der Waals surface area (Å²) in [5.74, 6) is 0. The Hall–Kier alpha value is 0.423. The summed E-state index contributed by atoms with van der Waals surface area (Å²) >= 11 is 0.300. The van der Waals surface area contributed by atoms with Crippen molar-refractivity contribution < 1.29 is 27.5 Å². The van der Waals surface area contributed by atoms with Crippen LogP contribution >= 0.6 is 0 Å². The minimum absolute atomic E-state index is 0.300. The third kappa shape index (κ3) is 290. The van der Waals surface area contributed by atoms with Gasteiger partial charge in [0, 0.05) is 0 Å². The second-order valence-corrected chi connectivity index (χ2v) is 1.21. The number of rotatable bonds is 0. The zero-order valence-corrected chi connectivity index (χ0v) is 6.57. The Morgan fingerprint density at radius 3 is 1.50 bits per heavy atom. The maximum atomic E-state index is 8.34. The summed E-state index contributed by atoms with van der Waals surface area (Å²) < 4.78 is 8.34. The molecule has 0 aliphatic heterocycles. The molecule has 0 aliphatic rings. The molecule has 2 heteroatoms. The molecule has 0 bridgehead atoms. The van der Waals surface area contributed by atoms with Crippen LogP contribution in [0.1, 0.15) is 13.8 Å². The molecule has 0 saturated carbocycles. The van der Waals surface area contributed by atoms with Crippen LogP contribution in [0, 0.1) is 0 Å². The average Bonchev–Trinajstić information content (AvgIpc) is 1.41. The molecule has 0 saturated heterocycles. The molecular weight excluding hydrogens is 155 g/mol. The van der Waals surface area contributed by atoms with E-state index in [1.807, 2.05) is 13.8 Å². The van der Waals surface area contributed by atoms with Gasteiger partial charge in [-0.3, -0.25) is 0 Å². The Morgan fingerprint density at radius 2 is 1.50 bits per heavy atom. The molecule has 0 N–H and O–H groups in total. The van der Waals surface area contributed by atoms with Gasteiger partial charge in [-0.05, 0) is 13.8 Å². The van der Waals surface area contributed by atoms with Crippen LogP contribution in [0.25, 0.3) is 0 Å². The third-order valence-electron chi connectivity index (χ3n) is 0. The van der Waals surface area contributed by atoms with Crippen LogP contribution < -0.4 is 0 Å². The second-order valence-electron chi connectivity index (χ2n) is 1.21. The Morgan fingerprint density at radius 1 is 1.50 bits per heavy atom. The number of hydrogen-bond acceptors (Lipinski definition) is 1. The Kier molecular flexibility index (Phi) is 14.6. The van der Waals surface area contributed by atoms with E-state index in [2.05, 4.69) is 6.58 Å². The maximum absolute atomic E-state index is 8.34.